The fourth-order valence-electron chi connectivity index (χ4n) is 2.32. The highest BCUT2D eigenvalue weighted by Crippen LogP contribution is 2.13. The largest absolute Gasteiger partial charge is 0.387 e. The van der Waals surface area contributed by atoms with Crippen LogP contribution in [0.5, 0.6) is 0 Å². The first kappa shape index (κ1) is 14.5. The van der Waals surface area contributed by atoms with Crippen LogP contribution in [0.25, 0.3) is 0 Å². The Kier molecular flexibility index (Phi) is 4.39. The van der Waals surface area contributed by atoms with E-state index in [1.165, 1.54) is 5.56 Å². The van der Waals surface area contributed by atoms with Gasteiger partial charge in [-0.05, 0) is 37.1 Å². The Morgan fingerprint density at radius 3 is 2.20 bits per heavy atom. The monoisotopic (exact) mass is 276 g/mol. The summed E-state index contributed by atoms with van der Waals surface area (Å²) in [5, 5.41) is 8.82. The zero-order chi connectivity index (χ0) is 14.7. The second-order valence-corrected chi connectivity index (χ2v) is 5.13. The van der Waals surface area contributed by atoms with Gasteiger partial charge in [-0.3, -0.25) is 9.59 Å². The van der Waals surface area contributed by atoms with E-state index in [0.29, 0.717) is 31.7 Å². The summed E-state index contributed by atoms with van der Waals surface area (Å²) in [5.74, 6) is -0.271. The van der Waals surface area contributed by atoms with Gasteiger partial charge in [0.15, 0.2) is 0 Å². The smallest absolute Gasteiger partial charge is 0.253 e. The van der Waals surface area contributed by atoms with Gasteiger partial charge in [-0.25, -0.2) is 0 Å². The van der Waals surface area contributed by atoms with Crippen LogP contribution in [0.3, 0.4) is 0 Å². The Morgan fingerprint density at radius 2 is 1.65 bits per heavy atom. The van der Waals surface area contributed by atoms with Gasteiger partial charge in [0.25, 0.3) is 5.91 Å². The second kappa shape index (κ2) is 6.05. The minimum Gasteiger partial charge on any atom is -0.387 e. The average molecular weight is 276 g/mol. The highest BCUT2D eigenvalue weighted by atomic mass is 16.3. The summed E-state index contributed by atoms with van der Waals surface area (Å²) >= 11 is 0. The molecule has 0 saturated carbocycles. The third kappa shape index (κ3) is 2.99. The van der Waals surface area contributed by atoms with Gasteiger partial charge in [-0.2, -0.15) is 0 Å². The zero-order valence-electron chi connectivity index (χ0n) is 11.9. The molecule has 1 fully saturated rings. The molecule has 108 valence electrons. The van der Waals surface area contributed by atoms with Crippen LogP contribution in [0.15, 0.2) is 18.2 Å². The number of rotatable bonds is 2. The first-order valence-corrected chi connectivity index (χ1v) is 6.78. The molecule has 1 N–H and O–H groups in total. The Balaban J connectivity index is 2.01. The SMILES string of the molecule is Cc1ccc(C(=O)N2CCN(C(=O)CO)CC2)cc1C. The topological polar surface area (TPSA) is 60.9 Å². The van der Waals surface area contributed by atoms with Crippen molar-refractivity contribution in [3.63, 3.8) is 0 Å². The van der Waals surface area contributed by atoms with Gasteiger partial charge in [0.1, 0.15) is 6.61 Å². The van der Waals surface area contributed by atoms with Crippen LogP contribution < -0.4 is 0 Å². The summed E-state index contributed by atoms with van der Waals surface area (Å²) in [6.07, 6.45) is 0. The number of aryl methyl sites for hydroxylation is 2. The van der Waals surface area contributed by atoms with E-state index in [9.17, 15) is 9.59 Å². The number of amides is 2. The number of nitrogens with zero attached hydrogens (tertiary/aromatic N) is 2. The molecule has 1 aromatic rings. The molecule has 0 atom stereocenters. The maximum absolute atomic E-state index is 12.4. The quantitative estimate of drug-likeness (QED) is 0.859. The van der Waals surface area contributed by atoms with Crippen LogP contribution in [0.2, 0.25) is 0 Å². The molecule has 0 unspecified atom stereocenters. The number of aliphatic hydroxyl groups excluding tert-OH is 1. The Hall–Kier alpha value is -1.88. The molecule has 0 bridgehead atoms. The summed E-state index contributed by atoms with van der Waals surface area (Å²) in [7, 11) is 0. The fourth-order valence-corrected chi connectivity index (χ4v) is 2.32. The second-order valence-electron chi connectivity index (χ2n) is 5.13. The Bertz CT molecular complexity index is 520. The molecule has 1 aliphatic heterocycles. The molecular weight excluding hydrogens is 256 g/mol. The van der Waals surface area contributed by atoms with Crippen LogP contribution in [0.1, 0.15) is 21.5 Å². The summed E-state index contributed by atoms with van der Waals surface area (Å²) in [6, 6.07) is 5.70. The number of benzene rings is 1. The van der Waals surface area contributed by atoms with Crippen molar-refractivity contribution < 1.29 is 14.7 Å². The molecule has 1 saturated heterocycles. The van der Waals surface area contributed by atoms with Crippen molar-refractivity contribution in [2.75, 3.05) is 32.8 Å². The van der Waals surface area contributed by atoms with Crippen LogP contribution in [-0.4, -0.2) is 59.5 Å². The minimum atomic E-state index is -0.467. The van der Waals surface area contributed by atoms with Crippen molar-refractivity contribution in [3.8, 4) is 0 Å². The molecule has 0 aromatic heterocycles. The molecule has 2 rings (SSSR count). The molecule has 5 heteroatoms. The van der Waals surface area contributed by atoms with Gasteiger partial charge in [0, 0.05) is 31.7 Å². The van der Waals surface area contributed by atoms with Crippen molar-refractivity contribution in [1.82, 2.24) is 9.80 Å². The van der Waals surface area contributed by atoms with Crippen molar-refractivity contribution >= 4 is 11.8 Å². The van der Waals surface area contributed by atoms with Gasteiger partial charge in [0.05, 0.1) is 0 Å². The van der Waals surface area contributed by atoms with Crippen LogP contribution in [0, 0.1) is 13.8 Å². The van der Waals surface area contributed by atoms with Gasteiger partial charge in [-0.1, -0.05) is 6.07 Å². The molecule has 5 nitrogen and oxygen atoms in total. The van der Waals surface area contributed by atoms with E-state index in [2.05, 4.69) is 0 Å². The molecule has 1 aliphatic rings. The molecular formula is C15H20N2O3. The van der Waals surface area contributed by atoms with Gasteiger partial charge in [-0.15, -0.1) is 0 Å². The van der Waals surface area contributed by atoms with E-state index in [0.717, 1.165) is 5.56 Å². The van der Waals surface area contributed by atoms with E-state index in [-0.39, 0.29) is 11.8 Å². The van der Waals surface area contributed by atoms with E-state index in [1.54, 1.807) is 9.80 Å². The number of hydrogen-bond acceptors (Lipinski definition) is 3. The van der Waals surface area contributed by atoms with Crippen LogP contribution in [0.4, 0.5) is 0 Å². The highest BCUT2D eigenvalue weighted by molar-refractivity contribution is 5.94. The summed E-state index contributed by atoms with van der Waals surface area (Å²) in [5.41, 5.74) is 2.96. The van der Waals surface area contributed by atoms with E-state index < -0.39 is 6.61 Å². The lowest BCUT2D eigenvalue weighted by Crippen LogP contribution is -2.51. The molecule has 1 heterocycles. The van der Waals surface area contributed by atoms with Crippen LogP contribution in [-0.2, 0) is 4.79 Å². The average Bonchev–Trinajstić information content (AvgIpc) is 2.48. The third-order valence-corrected chi connectivity index (χ3v) is 3.81. The summed E-state index contributed by atoms with van der Waals surface area (Å²) in [4.78, 5) is 27.1. The van der Waals surface area contributed by atoms with Gasteiger partial charge < -0.3 is 14.9 Å². The van der Waals surface area contributed by atoms with Crippen molar-refractivity contribution in [3.05, 3.63) is 34.9 Å². The number of carbonyl (C=O) groups excluding carboxylic acids is 2. The molecule has 0 aliphatic carbocycles. The first-order chi connectivity index (χ1) is 9.52. The first-order valence-electron chi connectivity index (χ1n) is 6.78. The molecule has 1 aromatic carbocycles. The Labute approximate surface area is 118 Å². The lowest BCUT2D eigenvalue weighted by molar-refractivity contribution is -0.135. The van der Waals surface area contributed by atoms with Crippen molar-refractivity contribution in [2.24, 2.45) is 0 Å². The third-order valence-electron chi connectivity index (χ3n) is 3.81. The summed E-state index contributed by atoms with van der Waals surface area (Å²) < 4.78 is 0. The number of carbonyl (C=O) groups is 2. The lowest BCUT2D eigenvalue weighted by atomic mass is 10.1. The van der Waals surface area contributed by atoms with Crippen LogP contribution >= 0.6 is 0 Å². The Morgan fingerprint density at radius 1 is 1.05 bits per heavy atom. The van der Waals surface area contributed by atoms with Crippen molar-refractivity contribution in [1.29, 1.82) is 0 Å². The predicted molar refractivity (Wildman–Crippen MR) is 75.5 cm³/mol. The lowest BCUT2D eigenvalue weighted by Gasteiger charge is -2.34. The predicted octanol–water partition coefficient (Wildman–Crippen LogP) is 0.580. The van der Waals surface area contributed by atoms with Gasteiger partial charge >= 0.3 is 0 Å². The van der Waals surface area contributed by atoms with E-state index in [1.807, 2.05) is 32.0 Å². The normalized spacial score (nSPS) is 15.3. The maximum atomic E-state index is 12.4. The van der Waals surface area contributed by atoms with E-state index >= 15 is 0 Å². The van der Waals surface area contributed by atoms with Crippen molar-refractivity contribution in [2.45, 2.75) is 13.8 Å². The van der Waals surface area contributed by atoms with Gasteiger partial charge in [0.2, 0.25) is 5.91 Å². The minimum absolute atomic E-state index is 0.00389. The zero-order valence-corrected chi connectivity index (χ0v) is 11.9. The molecule has 20 heavy (non-hydrogen) atoms. The molecule has 0 radical (unpaired) electrons. The maximum Gasteiger partial charge on any atom is 0.253 e. The fraction of sp³-hybridized carbons (Fsp3) is 0.467. The van der Waals surface area contributed by atoms with E-state index in [4.69, 9.17) is 5.11 Å². The number of aliphatic hydroxyl groups is 1. The standard InChI is InChI=1S/C15H20N2O3/c1-11-3-4-13(9-12(11)2)15(20)17-7-5-16(6-8-17)14(19)10-18/h3-4,9,18H,5-8,10H2,1-2H3. The molecule has 2 amide bonds. The molecule has 0 spiro atoms. The number of piperazine rings is 1. The summed E-state index contributed by atoms with van der Waals surface area (Å²) in [6.45, 7) is 5.53. The highest BCUT2D eigenvalue weighted by Gasteiger charge is 2.24. The number of hydrogen-bond donors (Lipinski definition) is 1.